The molecule has 0 spiro atoms. The fraction of sp³-hybridized carbons (Fsp3) is 0.182. The molecule has 0 atom stereocenters. The fourth-order valence-electron chi connectivity index (χ4n) is 1.65. The van der Waals surface area contributed by atoms with Crippen molar-refractivity contribution < 1.29 is 18.0 Å². The molecule has 5 nitrogen and oxygen atoms in total. The zero-order valence-corrected chi connectivity index (χ0v) is 10.6. The summed E-state index contributed by atoms with van der Waals surface area (Å²) in [4.78, 5) is 10.3. The van der Waals surface area contributed by atoms with Crippen LogP contribution in [0.1, 0.15) is 11.1 Å². The van der Waals surface area contributed by atoms with E-state index in [-0.39, 0.29) is 12.2 Å². The Morgan fingerprint density at radius 1 is 1.30 bits per heavy atom. The Hall–Kier alpha value is -2.16. The number of thiophene rings is 1. The Morgan fingerprint density at radius 3 is 2.95 bits per heavy atom. The van der Waals surface area contributed by atoms with E-state index >= 15 is 0 Å². The highest BCUT2D eigenvalue weighted by molar-refractivity contribution is 7.08. The second kappa shape index (κ2) is 4.75. The standard InChI is InChI=1S/C11H7F3N4OS/c12-11(13,14)8-6-20-5-7(8)4-19-18-10-9(16-17-18)2-1-3-15-10/h1-3,5-6H,4H2. The Balaban J connectivity index is 1.82. The normalized spacial score (nSPS) is 11.9. The van der Waals surface area contributed by atoms with Crippen LogP contribution in [0.5, 0.6) is 0 Å². The third kappa shape index (κ3) is 2.31. The van der Waals surface area contributed by atoms with Gasteiger partial charge in [0.05, 0.1) is 5.56 Å². The fourth-order valence-corrected chi connectivity index (χ4v) is 2.50. The predicted molar refractivity (Wildman–Crippen MR) is 64.9 cm³/mol. The highest BCUT2D eigenvalue weighted by atomic mass is 32.1. The maximum atomic E-state index is 12.7. The molecular weight excluding hydrogens is 293 g/mol. The molecule has 0 aliphatic carbocycles. The maximum absolute atomic E-state index is 12.7. The summed E-state index contributed by atoms with van der Waals surface area (Å²) in [7, 11) is 0. The number of aromatic nitrogens is 4. The first kappa shape index (κ1) is 12.9. The van der Waals surface area contributed by atoms with Crippen LogP contribution < -0.4 is 4.84 Å². The summed E-state index contributed by atoms with van der Waals surface area (Å²) in [5, 5.41) is 9.94. The quantitative estimate of drug-likeness (QED) is 0.746. The van der Waals surface area contributed by atoms with Crippen molar-refractivity contribution in [3.63, 3.8) is 0 Å². The van der Waals surface area contributed by atoms with Crippen molar-refractivity contribution in [1.82, 2.24) is 20.1 Å². The molecule has 0 saturated carbocycles. The second-order valence-corrected chi connectivity index (χ2v) is 4.63. The Bertz CT molecular complexity index is 736. The Labute approximate surface area is 114 Å². The summed E-state index contributed by atoms with van der Waals surface area (Å²) in [6.07, 6.45) is -2.86. The lowest BCUT2D eigenvalue weighted by molar-refractivity contribution is -0.138. The van der Waals surface area contributed by atoms with Crippen LogP contribution in [0.3, 0.4) is 0 Å². The zero-order valence-electron chi connectivity index (χ0n) is 9.83. The number of pyridine rings is 1. The average Bonchev–Trinajstić information content (AvgIpc) is 3.02. The lowest BCUT2D eigenvalue weighted by Gasteiger charge is -2.08. The summed E-state index contributed by atoms with van der Waals surface area (Å²) < 4.78 is 38.1. The Kier molecular flexibility index (Phi) is 3.05. The SMILES string of the molecule is FC(F)(F)c1cscc1COn1nnc2cccnc21. The van der Waals surface area contributed by atoms with Gasteiger partial charge in [-0.3, -0.25) is 0 Å². The van der Waals surface area contributed by atoms with Gasteiger partial charge in [0, 0.05) is 17.1 Å². The molecule has 3 heterocycles. The number of hydrogen-bond donors (Lipinski definition) is 0. The van der Waals surface area contributed by atoms with Gasteiger partial charge in [0.2, 0.25) is 5.65 Å². The summed E-state index contributed by atoms with van der Waals surface area (Å²) in [6.45, 7) is -0.257. The van der Waals surface area contributed by atoms with E-state index in [1.165, 1.54) is 11.6 Å². The zero-order chi connectivity index (χ0) is 14.2. The molecule has 0 aliphatic heterocycles. The van der Waals surface area contributed by atoms with Crippen LogP contribution in [0, 0.1) is 0 Å². The molecule has 9 heteroatoms. The molecule has 0 saturated heterocycles. The van der Waals surface area contributed by atoms with Crippen LogP contribution in [0.25, 0.3) is 11.2 Å². The van der Waals surface area contributed by atoms with Gasteiger partial charge in [-0.15, -0.1) is 5.10 Å². The van der Waals surface area contributed by atoms with Crippen molar-refractivity contribution in [1.29, 1.82) is 0 Å². The van der Waals surface area contributed by atoms with Gasteiger partial charge in [0.15, 0.2) is 0 Å². The molecule has 0 aliphatic rings. The molecule has 0 bridgehead atoms. The molecule has 0 unspecified atom stereocenters. The average molecular weight is 300 g/mol. The van der Waals surface area contributed by atoms with Crippen LogP contribution in [0.4, 0.5) is 13.2 Å². The smallest absolute Gasteiger partial charge is 0.389 e. The summed E-state index contributed by atoms with van der Waals surface area (Å²) in [5.41, 5.74) is 0.229. The first-order valence-corrected chi connectivity index (χ1v) is 6.42. The van der Waals surface area contributed by atoms with Crippen LogP contribution in [-0.2, 0) is 12.8 Å². The van der Waals surface area contributed by atoms with Crippen molar-refractivity contribution in [3.8, 4) is 0 Å². The van der Waals surface area contributed by atoms with Gasteiger partial charge >= 0.3 is 6.18 Å². The van der Waals surface area contributed by atoms with E-state index in [0.29, 0.717) is 11.2 Å². The third-order valence-corrected chi connectivity index (χ3v) is 3.36. The van der Waals surface area contributed by atoms with E-state index in [1.54, 1.807) is 12.1 Å². The van der Waals surface area contributed by atoms with E-state index < -0.39 is 11.7 Å². The van der Waals surface area contributed by atoms with Crippen LogP contribution in [-0.4, -0.2) is 20.1 Å². The molecule has 0 N–H and O–H groups in total. The minimum absolute atomic E-state index is 0.0575. The first-order valence-electron chi connectivity index (χ1n) is 5.47. The van der Waals surface area contributed by atoms with Gasteiger partial charge in [-0.25, -0.2) is 4.98 Å². The monoisotopic (exact) mass is 300 g/mol. The largest absolute Gasteiger partial charge is 0.417 e. The molecule has 3 aromatic rings. The van der Waals surface area contributed by atoms with E-state index in [4.69, 9.17) is 4.84 Å². The number of nitrogens with zero attached hydrogens (tertiary/aromatic N) is 4. The second-order valence-electron chi connectivity index (χ2n) is 3.89. The summed E-state index contributed by atoms with van der Waals surface area (Å²) >= 11 is 0.973. The lowest BCUT2D eigenvalue weighted by atomic mass is 10.2. The summed E-state index contributed by atoms with van der Waals surface area (Å²) in [6, 6.07) is 3.36. The topological polar surface area (TPSA) is 52.8 Å². The van der Waals surface area contributed by atoms with Gasteiger partial charge in [-0.1, -0.05) is 4.85 Å². The molecule has 104 valence electrons. The van der Waals surface area contributed by atoms with E-state index in [2.05, 4.69) is 15.3 Å². The van der Waals surface area contributed by atoms with Gasteiger partial charge < -0.3 is 4.84 Å². The number of hydrogen-bond acceptors (Lipinski definition) is 5. The molecular formula is C11H7F3N4OS. The minimum Gasteiger partial charge on any atom is -0.389 e. The number of fused-ring (bicyclic) bond motifs is 1. The molecule has 3 rings (SSSR count). The molecule has 0 aromatic carbocycles. The van der Waals surface area contributed by atoms with Crippen molar-refractivity contribution in [2.75, 3.05) is 0 Å². The van der Waals surface area contributed by atoms with Gasteiger partial charge in [-0.2, -0.15) is 24.5 Å². The van der Waals surface area contributed by atoms with Crippen molar-refractivity contribution in [2.24, 2.45) is 0 Å². The molecule has 0 amide bonds. The number of halogens is 3. The summed E-state index contributed by atoms with van der Waals surface area (Å²) in [5.74, 6) is 0. The molecule has 0 radical (unpaired) electrons. The predicted octanol–water partition coefficient (Wildman–Crippen LogP) is 2.54. The third-order valence-electron chi connectivity index (χ3n) is 2.57. The number of rotatable bonds is 3. The van der Waals surface area contributed by atoms with Crippen molar-refractivity contribution in [2.45, 2.75) is 12.8 Å². The van der Waals surface area contributed by atoms with Crippen LogP contribution >= 0.6 is 11.3 Å². The van der Waals surface area contributed by atoms with Crippen LogP contribution in [0.2, 0.25) is 0 Å². The number of alkyl halides is 3. The van der Waals surface area contributed by atoms with E-state index in [0.717, 1.165) is 21.6 Å². The molecule has 20 heavy (non-hydrogen) atoms. The highest BCUT2D eigenvalue weighted by Crippen LogP contribution is 2.34. The van der Waals surface area contributed by atoms with Crippen LogP contribution in [0.15, 0.2) is 29.1 Å². The maximum Gasteiger partial charge on any atom is 0.417 e. The van der Waals surface area contributed by atoms with Crippen molar-refractivity contribution in [3.05, 3.63) is 40.2 Å². The first-order chi connectivity index (χ1) is 9.55. The van der Waals surface area contributed by atoms with Gasteiger partial charge in [0.1, 0.15) is 12.1 Å². The van der Waals surface area contributed by atoms with Gasteiger partial charge in [0.25, 0.3) is 0 Å². The Morgan fingerprint density at radius 2 is 2.15 bits per heavy atom. The molecule has 0 fully saturated rings. The highest BCUT2D eigenvalue weighted by Gasteiger charge is 2.34. The van der Waals surface area contributed by atoms with E-state index in [9.17, 15) is 13.2 Å². The molecule has 3 aromatic heterocycles. The van der Waals surface area contributed by atoms with Gasteiger partial charge in [-0.05, 0) is 22.7 Å². The minimum atomic E-state index is -4.39. The van der Waals surface area contributed by atoms with E-state index in [1.807, 2.05) is 0 Å². The lowest BCUT2D eigenvalue weighted by Crippen LogP contribution is -2.15. The van der Waals surface area contributed by atoms with Crippen molar-refractivity contribution >= 4 is 22.5 Å².